The van der Waals surface area contributed by atoms with E-state index in [-0.39, 0.29) is 24.1 Å². The summed E-state index contributed by atoms with van der Waals surface area (Å²) in [6.45, 7) is 2.57. The maximum absolute atomic E-state index is 12.2. The quantitative estimate of drug-likeness (QED) is 0.469. The Morgan fingerprint density at radius 1 is 1.29 bits per heavy atom. The van der Waals surface area contributed by atoms with Crippen LogP contribution in [0.2, 0.25) is 0 Å². The Morgan fingerprint density at radius 2 is 2.04 bits per heavy atom. The van der Waals surface area contributed by atoms with Crippen molar-refractivity contribution >= 4 is 35.0 Å². The molecule has 2 aromatic rings. The Bertz CT molecular complexity index is 937. The van der Waals surface area contributed by atoms with Gasteiger partial charge in [0.05, 0.1) is 10.6 Å². The third-order valence-corrected chi connectivity index (χ3v) is 4.15. The summed E-state index contributed by atoms with van der Waals surface area (Å²) in [5, 5.41) is 13.4. The second-order valence-electron chi connectivity index (χ2n) is 6.19. The van der Waals surface area contributed by atoms with E-state index in [0.29, 0.717) is 29.2 Å². The van der Waals surface area contributed by atoms with Crippen molar-refractivity contribution in [1.82, 2.24) is 0 Å². The van der Waals surface area contributed by atoms with Gasteiger partial charge in [-0.2, -0.15) is 0 Å². The lowest BCUT2D eigenvalue weighted by atomic mass is 10.2. The molecule has 1 heterocycles. The molecule has 28 heavy (non-hydrogen) atoms. The molecule has 2 amide bonds. The SMILES string of the molecule is CCCN1C(=O)COc2ccc(NC(=O)/C=C/c3ccc([N+](=O)[O-])cc3)cc21. The molecule has 0 aliphatic carbocycles. The van der Waals surface area contributed by atoms with Gasteiger partial charge in [-0.15, -0.1) is 0 Å². The largest absolute Gasteiger partial charge is 0.482 e. The van der Waals surface area contributed by atoms with Crippen molar-refractivity contribution < 1.29 is 19.2 Å². The van der Waals surface area contributed by atoms with Crippen LogP contribution >= 0.6 is 0 Å². The normalized spacial score (nSPS) is 13.2. The van der Waals surface area contributed by atoms with E-state index in [1.165, 1.54) is 18.2 Å². The van der Waals surface area contributed by atoms with Crippen molar-refractivity contribution in [2.24, 2.45) is 0 Å². The summed E-state index contributed by atoms with van der Waals surface area (Å²) in [6, 6.07) is 11.0. The number of benzene rings is 2. The molecule has 0 bridgehead atoms. The van der Waals surface area contributed by atoms with Crippen molar-refractivity contribution in [3.8, 4) is 5.75 Å². The number of nitro benzene ring substituents is 1. The van der Waals surface area contributed by atoms with Gasteiger partial charge in [0.15, 0.2) is 6.61 Å². The van der Waals surface area contributed by atoms with Crippen molar-refractivity contribution in [2.75, 3.05) is 23.4 Å². The first-order chi connectivity index (χ1) is 13.5. The second kappa shape index (κ2) is 8.34. The molecule has 1 N–H and O–H groups in total. The summed E-state index contributed by atoms with van der Waals surface area (Å²) in [4.78, 5) is 36.1. The molecule has 0 aromatic heterocycles. The fraction of sp³-hybridized carbons (Fsp3) is 0.200. The zero-order valence-electron chi connectivity index (χ0n) is 15.3. The van der Waals surface area contributed by atoms with Gasteiger partial charge < -0.3 is 15.0 Å². The maximum Gasteiger partial charge on any atom is 0.269 e. The Morgan fingerprint density at radius 3 is 2.71 bits per heavy atom. The molecule has 1 aliphatic heterocycles. The number of non-ortho nitro benzene ring substituents is 1. The fourth-order valence-electron chi connectivity index (χ4n) is 2.81. The number of nitro groups is 1. The highest BCUT2D eigenvalue weighted by Gasteiger charge is 2.25. The summed E-state index contributed by atoms with van der Waals surface area (Å²) >= 11 is 0. The standard InChI is InChI=1S/C20H19N3O5/c1-2-11-22-17-12-15(6-9-18(17)28-13-20(22)25)21-19(24)10-5-14-3-7-16(8-4-14)23(26)27/h3-10,12H,2,11,13H2,1H3,(H,21,24)/b10-5+. The highest BCUT2D eigenvalue weighted by atomic mass is 16.6. The van der Waals surface area contributed by atoms with E-state index >= 15 is 0 Å². The number of hydrogen-bond donors (Lipinski definition) is 1. The first kappa shape index (κ1) is 19.1. The van der Waals surface area contributed by atoms with E-state index in [1.807, 2.05) is 6.92 Å². The lowest BCUT2D eigenvalue weighted by Crippen LogP contribution is -2.39. The van der Waals surface area contributed by atoms with Crippen molar-refractivity contribution in [1.29, 1.82) is 0 Å². The molecule has 0 unspecified atom stereocenters. The minimum absolute atomic E-state index is 0.0101. The average molecular weight is 381 g/mol. The van der Waals surface area contributed by atoms with E-state index in [4.69, 9.17) is 4.74 Å². The lowest BCUT2D eigenvalue weighted by molar-refractivity contribution is -0.384. The summed E-state index contributed by atoms with van der Waals surface area (Å²) in [7, 11) is 0. The van der Waals surface area contributed by atoms with Crippen LogP contribution in [0.3, 0.4) is 0 Å². The Labute approximate surface area is 161 Å². The molecular weight excluding hydrogens is 362 g/mol. The van der Waals surface area contributed by atoms with E-state index in [0.717, 1.165) is 6.42 Å². The van der Waals surface area contributed by atoms with Gasteiger partial charge in [0.25, 0.3) is 11.6 Å². The molecule has 0 spiro atoms. The zero-order chi connectivity index (χ0) is 20.1. The Balaban J connectivity index is 1.70. The molecule has 0 fully saturated rings. The third-order valence-electron chi connectivity index (χ3n) is 4.15. The first-order valence-electron chi connectivity index (χ1n) is 8.78. The molecule has 2 aromatic carbocycles. The summed E-state index contributed by atoms with van der Waals surface area (Å²) in [6.07, 6.45) is 3.71. The number of rotatable bonds is 6. The van der Waals surface area contributed by atoms with Crippen molar-refractivity contribution in [3.05, 3.63) is 64.2 Å². The number of nitrogens with zero attached hydrogens (tertiary/aromatic N) is 2. The highest BCUT2D eigenvalue weighted by Crippen LogP contribution is 2.34. The molecule has 0 saturated carbocycles. The highest BCUT2D eigenvalue weighted by molar-refractivity contribution is 6.03. The Kier molecular flexibility index (Phi) is 5.69. The third kappa shape index (κ3) is 4.35. The van der Waals surface area contributed by atoms with Crippen LogP contribution in [0, 0.1) is 10.1 Å². The summed E-state index contributed by atoms with van der Waals surface area (Å²) in [5.74, 6) is 0.131. The summed E-state index contributed by atoms with van der Waals surface area (Å²) < 4.78 is 5.44. The number of carbonyl (C=O) groups is 2. The van der Waals surface area contributed by atoms with Gasteiger partial charge in [-0.3, -0.25) is 19.7 Å². The summed E-state index contributed by atoms with van der Waals surface area (Å²) in [5.41, 5.74) is 1.83. The zero-order valence-corrected chi connectivity index (χ0v) is 15.3. The van der Waals surface area contributed by atoms with E-state index in [1.54, 1.807) is 41.3 Å². The van der Waals surface area contributed by atoms with Gasteiger partial charge in [-0.25, -0.2) is 0 Å². The molecule has 0 atom stereocenters. The molecule has 144 valence electrons. The predicted molar refractivity (Wildman–Crippen MR) is 105 cm³/mol. The smallest absolute Gasteiger partial charge is 0.269 e. The maximum atomic E-state index is 12.2. The number of amides is 2. The van der Waals surface area contributed by atoms with Gasteiger partial charge in [0, 0.05) is 30.4 Å². The minimum Gasteiger partial charge on any atom is -0.482 e. The van der Waals surface area contributed by atoms with Crippen LogP contribution in [0.15, 0.2) is 48.5 Å². The van der Waals surface area contributed by atoms with Crippen molar-refractivity contribution in [3.63, 3.8) is 0 Å². The van der Waals surface area contributed by atoms with Crippen LogP contribution in [-0.4, -0.2) is 29.9 Å². The second-order valence-corrected chi connectivity index (χ2v) is 6.19. The van der Waals surface area contributed by atoms with Gasteiger partial charge in [0.2, 0.25) is 5.91 Å². The lowest BCUT2D eigenvalue weighted by Gasteiger charge is -2.29. The molecule has 8 heteroatoms. The van der Waals surface area contributed by atoms with Crippen LogP contribution in [0.4, 0.5) is 17.1 Å². The number of nitrogens with one attached hydrogen (secondary N) is 1. The first-order valence-corrected chi connectivity index (χ1v) is 8.78. The Hall–Kier alpha value is -3.68. The molecule has 8 nitrogen and oxygen atoms in total. The van der Waals surface area contributed by atoms with Crippen LogP contribution in [-0.2, 0) is 9.59 Å². The topological polar surface area (TPSA) is 102 Å². The van der Waals surface area contributed by atoms with E-state index in [9.17, 15) is 19.7 Å². The minimum atomic E-state index is -0.480. The van der Waals surface area contributed by atoms with E-state index in [2.05, 4.69) is 5.32 Å². The van der Waals surface area contributed by atoms with Crippen molar-refractivity contribution in [2.45, 2.75) is 13.3 Å². The van der Waals surface area contributed by atoms with Gasteiger partial charge in [-0.1, -0.05) is 6.92 Å². The fourth-order valence-corrected chi connectivity index (χ4v) is 2.81. The van der Waals surface area contributed by atoms with Gasteiger partial charge >= 0.3 is 0 Å². The number of hydrogen-bond acceptors (Lipinski definition) is 5. The molecular formula is C20H19N3O5. The van der Waals surface area contributed by atoms with Gasteiger partial charge in [-0.05, 0) is 48.4 Å². The van der Waals surface area contributed by atoms with Crippen LogP contribution in [0.5, 0.6) is 5.75 Å². The molecule has 0 radical (unpaired) electrons. The number of fused-ring (bicyclic) bond motifs is 1. The van der Waals surface area contributed by atoms with Crippen LogP contribution < -0.4 is 15.0 Å². The number of anilines is 2. The molecule has 0 saturated heterocycles. The van der Waals surface area contributed by atoms with Gasteiger partial charge in [0.1, 0.15) is 5.75 Å². The van der Waals surface area contributed by atoms with Crippen LogP contribution in [0.1, 0.15) is 18.9 Å². The molecule has 3 rings (SSSR count). The number of carbonyl (C=O) groups excluding carboxylic acids is 2. The van der Waals surface area contributed by atoms with Crippen LogP contribution in [0.25, 0.3) is 6.08 Å². The van der Waals surface area contributed by atoms with E-state index < -0.39 is 4.92 Å². The molecule has 1 aliphatic rings. The average Bonchev–Trinajstić information content (AvgIpc) is 2.69. The monoisotopic (exact) mass is 381 g/mol. The predicted octanol–water partition coefficient (Wildman–Crippen LogP) is 3.38. The number of ether oxygens (including phenoxy) is 1.